The number of sulfonamides is 1. The molecule has 3 rings (SSSR count). The van der Waals surface area contributed by atoms with Crippen LogP contribution in [0, 0.1) is 0 Å². The molecule has 29 heavy (non-hydrogen) atoms. The Hall–Kier alpha value is -2.33. The summed E-state index contributed by atoms with van der Waals surface area (Å²) in [5.74, 6) is -0.338. The quantitative estimate of drug-likeness (QED) is 0.521. The fraction of sp³-hybridized carbons (Fsp3) is 0.211. The van der Waals surface area contributed by atoms with Crippen molar-refractivity contribution >= 4 is 44.0 Å². The van der Waals surface area contributed by atoms with Crippen LogP contribution < -0.4 is 10.0 Å². The van der Waals surface area contributed by atoms with E-state index in [4.69, 9.17) is 11.6 Å². The summed E-state index contributed by atoms with van der Waals surface area (Å²) in [6, 6.07) is 15.8. The number of hydrogen-bond acceptors (Lipinski definition) is 6. The minimum Gasteiger partial charge on any atom is -0.300 e. The zero-order chi connectivity index (χ0) is 20.7. The van der Waals surface area contributed by atoms with Crippen LogP contribution in [0.4, 0.5) is 5.13 Å². The van der Waals surface area contributed by atoms with Crippen LogP contribution in [0.5, 0.6) is 0 Å². The number of aryl methyl sites for hydroxylation is 2. The van der Waals surface area contributed by atoms with E-state index in [1.807, 2.05) is 18.2 Å². The van der Waals surface area contributed by atoms with Gasteiger partial charge in [-0.05, 0) is 36.2 Å². The summed E-state index contributed by atoms with van der Waals surface area (Å²) in [7, 11) is -3.69. The number of aromatic nitrogens is 2. The van der Waals surface area contributed by atoms with E-state index in [2.05, 4.69) is 32.4 Å². The maximum Gasteiger partial charge on any atom is 0.240 e. The molecule has 0 aliphatic rings. The Morgan fingerprint density at radius 2 is 1.72 bits per heavy atom. The number of rotatable bonds is 9. The van der Waals surface area contributed by atoms with Gasteiger partial charge in [0, 0.05) is 24.4 Å². The maximum absolute atomic E-state index is 12.2. The lowest BCUT2D eigenvalue weighted by atomic mass is 10.1. The second-order valence-corrected chi connectivity index (χ2v) is 9.40. The molecular weight excluding hydrogens is 432 g/mol. The average Bonchev–Trinajstić information content (AvgIpc) is 3.14. The molecule has 152 valence electrons. The number of amides is 1. The topological polar surface area (TPSA) is 101 Å². The second-order valence-electron chi connectivity index (χ2n) is 6.14. The summed E-state index contributed by atoms with van der Waals surface area (Å²) in [6.07, 6.45) is 1.56. The van der Waals surface area contributed by atoms with Crippen LogP contribution in [0.3, 0.4) is 0 Å². The Bertz CT molecular complexity index is 1050. The van der Waals surface area contributed by atoms with Gasteiger partial charge in [0.25, 0.3) is 0 Å². The van der Waals surface area contributed by atoms with Crippen molar-refractivity contribution in [2.45, 2.75) is 24.2 Å². The van der Waals surface area contributed by atoms with E-state index < -0.39 is 10.0 Å². The first kappa shape index (κ1) is 21.4. The van der Waals surface area contributed by atoms with Crippen molar-refractivity contribution < 1.29 is 13.2 Å². The number of carbonyl (C=O) groups is 1. The van der Waals surface area contributed by atoms with Crippen LogP contribution in [-0.4, -0.2) is 31.1 Å². The highest BCUT2D eigenvalue weighted by molar-refractivity contribution is 7.89. The third-order valence-electron chi connectivity index (χ3n) is 3.95. The highest BCUT2D eigenvalue weighted by Crippen LogP contribution is 2.17. The lowest BCUT2D eigenvalue weighted by molar-refractivity contribution is -0.116. The van der Waals surface area contributed by atoms with E-state index in [-0.39, 0.29) is 23.8 Å². The summed E-state index contributed by atoms with van der Waals surface area (Å²) in [5.41, 5.74) is 1.21. The van der Waals surface area contributed by atoms with E-state index >= 15 is 0 Å². The number of carbonyl (C=O) groups excluding carboxylic acids is 1. The van der Waals surface area contributed by atoms with Gasteiger partial charge in [-0.1, -0.05) is 53.3 Å². The molecule has 0 saturated carbocycles. The highest BCUT2D eigenvalue weighted by Gasteiger charge is 2.14. The summed E-state index contributed by atoms with van der Waals surface area (Å²) >= 11 is 7.07. The van der Waals surface area contributed by atoms with Gasteiger partial charge in [-0.3, -0.25) is 4.79 Å². The molecule has 0 fully saturated rings. The van der Waals surface area contributed by atoms with Crippen LogP contribution in [0.2, 0.25) is 5.02 Å². The number of nitrogens with one attached hydrogen (secondary N) is 2. The van der Waals surface area contributed by atoms with E-state index in [0.29, 0.717) is 10.2 Å². The zero-order valence-corrected chi connectivity index (χ0v) is 17.7. The molecule has 2 aromatic carbocycles. The molecule has 1 heterocycles. The van der Waals surface area contributed by atoms with Crippen molar-refractivity contribution in [3.8, 4) is 0 Å². The Morgan fingerprint density at radius 3 is 2.45 bits per heavy atom. The standard InChI is InChI=1S/C19H19ClN4O3S2/c20-15-7-9-16(10-8-15)29(26,27)21-13-12-17(25)22-19-24-23-18(28-19)11-6-14-4-2-1-3-5-14/h1-5,7-10,21H,6,11-13H2,(H,22,24,25). The minimum atomic E-state index is -3.69. The van der Waals surface area contributed by atoms with Crippen molar-refractivity contribution in [3.63, 3.8) is 0 Å². The molecule has 0 spiro atoms. The van der Waals surface area contributed by atoms with Gasteiger partial charge in [-0.15, -0.1) is 10.2 Å². The fourth-order valence-electron chi connectivity index (χ4n) is 2.48. The van der Waals surface area contributed by atoms with Crippen LogP contribution in [0.15, 0.2) is 59.5 Å². The van der Waals surface area contributed by atoms with Crippen LogP contribution in [0.1, 0.15) is 17.0 Å². The fourth-order valence-corrected chi connectivity index (χ4v) is 4.39. The van der Waals surface area contributed by atoms with Crippen molar-refractivity contribution in [1.82, 2.24) is 14.9 Å². The van der Waals surface area contributed by atoms with Crippen molar-refractivity contribution in [2.24, 2.45) is 0 Å². The lowest BCUT2D eigenvalue weighted by Gasteiger charge is -2.06. The van der Waals surface area contributed by atoms with Gasteiger partial charge < -0.3 is 5.32 Å². The summed E-state index contributed by atoms with van der Waals surface area (Å²) in [6.45, 7) is -0.0313. The van der Waals surface area contributed by atoms with Crippen LogP contribution >= 0.6 is 22.9 Å². The van der Waals surface area contributed by atoms with Crippen LogP contribution in [-0.2, 0) is 27.7 Å². The van der Waals surface area contributed by atoms with Gasteiger partial charge in [0.05, 0.1) is 4.90 Å². The summed E-state index contributed by atoms with van der Waals surface area (Å²) in [5, 5.41) is 12.4. The van der Waals surface area contributed by atoms with E-state index in [9.17, 15) is 13.2 Å². The molecule has 2 N–H and O–H groups in total. The average molecular weight is 451 g/mol. The number of nitrogens with zero attached hydrogens (tertiary/aromatic N) is 2. The number of halogens is 1. The Kier molecular flexibility index (Phi) is 7.32. The van der Waals surface area contributed by atoms with E-state index in [0.717, 1.165) is 17.8 Å². The second kappa shape index (κ2) is 9.93. The zero-order valence-electron chi connectivity index (χ0n) is 15.3. The molecule has 0 unspecified atom stereocenters. The van der Waals surface area contributed by atoms with Gasteiger partial charge >= 0.3 is 0 Å². The first-order chi connectivity index (χ1) is 13.9. The first-order valence-electron chi connectivity index (χ1n) is 8.84. The lowest BCUT2D eigenvalue weighted by Crippen LogP contribution is -2.27. The molecule has 1 aromatic heterocycles. The molecule has 3 aromatic rings. The van der Waals surface area contributed by atoms with Gasteiger partial charge in [-0.2, -0.15) is 0 Å². The summed E-state index contributed by atoms with van der Waals surface area (Å²) in [4.78, 5) is 12.1. The predicted octanol–water partition coefficient (Wildman–Crippen LogP) is 3.28. The molecule has 0 saturated heterocycles. The van der Waals surface area contributed by atoms with Crippen molar-refractivity contribution in [2.75, 3.05) is 11.9 Å². The van der Waals surface area contributed by atoms with E-state index in [1.54, 1.807) is 0 Å². The maximum atomic E-state index is 12.2. The van der Waals surface area contributed by atoms with Gasteiger partial charge in [-0.25, -0.2) is 13.1 Å². The van der Waals surface area contributed by atoms with Gasteiger partial charge in [0.15, 0.2) is 0 Å². The Labute approximate surface area is 178 Å². The molecule has 10 heteroatoms. The smallest absolute Gasteiger partial charge is 0.240 e. The van der Waals surface area contributed by atoms with Crippen LogP contribution in [0.25, 0.3) is 0 Å². The molecule has 0 atom stereocenters. The molecule has 0 aliphatic heterocycles. The third-order valence-corrected chi connectivity index (χ3v) is 6.58. The first-order valence-corrected chi connectivity index (χ1v) is 11.5. The monoisotopic (exact) mass is 450 g/mol. The Morgan fingerprint density at radius 1 is 1.00 bits per heavy atom. The summed E-state index contributed by atoms with van der Waals surface area (Å²) < 4.78 is 26.7. The van der Waals surface area contributed by atoms with Crippen molar-refractivity contribution in [3.05, 3.63) is 70.2 Å². The highest BCUT2D eigenvalue weighted by atomic mass is 35.5. The van der Waals surface area contributed by atoms with Crippen molar-refractivity contribution in [1.29, 1.82) is 0 Å². The van der Waals surface area contributed by atoms with Gasteiger partial charge in [0.1, 0.15) is 5.01 Å². The molecule has 0 aliphatic carbocycles. The molecule has 0 radical (unpaired) electrons. The SMILES string of the molecule is O=C(CCNS(=O)(=O)c1ccc(Cl)cc1)Nc1nnc(CCc2ccccc2)s1. The molecule has 1 amide bonds. The largest absolute Gasteiger partial charge is 0.300 e. The number of hydrogen-bond donors (Lipinski definition) is 2. The predicted molar refractivity (Wildman–Crippen MR) is 114 cm³/mol. The molecular formula is C19H19ClN4O3S2. The number of benzene rings is 2. The normalized spacial score (nSPS) is 11.3. The number of anilines is 1. The third kappa shape index (κ3) is 6.60. The molecule has 7 nitrogen and oxygen atoms in total. The minimum absolute atomic E-state index is 0.0221. The Balaban J connectivity index is 1.44. The van der Waals surface area contributed by atoms with E-state index in [1.165, 1.54) is 41.2 Å². The van der Waals surface area contributed by atoms with Gasteiger partial charge in [0.2, 0.25) is 21.1 Å². The molecule has 0 bridgehead atoms.